The standard InChI is InChI=1S/C27H35N3O3/c1-7-10-11-14-19(4)25-22-16-15-21(27(32)28-33)17-23(22)30(18-24(31)29(5)6)26(25)20(12-8-2)13-9-3/h8-9,12-13,15-17,19H,2,7,10-11,14,18H2,1,3-6H3/b13-9-,20-12+. The lowest BCUT2D eigenvalue weighted by Gasteiger charge is -2.18. The minimum Gasteiger partial charge on any atom is -0.347 e. The molecule has 1 aromatic heterocycles. The molecule has 0 bridgehead atoms. The van der Waals surface area contributed by atoms with Gasteiger partial charge in [-0.05, 0) is 42.5 Å². The van der Waals surface area contributed by atoms with Crippen molar-refractivity contribution >= 4 is 28.3 Å². The zero-order chi connectivity index (χ0) is 24.5. The van der Waals surface area contributed by atoms with Crippen molar-refractivity contribution in [3.05, 3.63) is 70.8 Å². The maximum absolute atomic E-state index is 12.8. The fraction of sp³-hybridized carbons (Fsp3) is 0.407. The van der Waals surface area contributed by atoms with E-state index in [4.69, 9.17) is 0 Å². The van der Waals surface area contributed by atoms with Crippen LogP contribution < -0.4 is 0 Å². The molecule has 0 spiro atoms. The van der Waals surface area contributed by atoms with Gasteiger partial charge in [-0.1, -0.05) is 70.1 Å². The van der Waals surface area contributed by atoms with Crippen LogP contribution in [0, 0.1) is 4.91 Å². The Balaban J connectivity index is 2.93. The lowest BCUT2D eigenvalue weighted by Crippen LogP contribution is -2.27. The molecule has 1 aromatic carbocycles. The Morgan fingerprint density at radius 1 is 1.24 bits per heavy atom. The van der Waals surface area contributed by atoms with Gasteiger partial charge in [0, 0.05) is 30.2 Å². The number of nitroso groups, excluding NO2 is 1. The summed E-state index contributed by atoms with van der Waals surface area (Å²) in [4.78, 5) is 37.3. The van der Waals surface area contributed by atoms with E-state index >= 15 is 0 Å². The molecule has 2 aromatic rings. The Labute approximate surface area is 196 Å². The van der Waals surface area contributed by atoms with Crippen molar-refractivity contribution in [3.63, 3.8) is 0 Å². The average molecular weight is 450 g/mol. The molecule has 2 amide bonds. The first kappa shape index (κ1) is 26.0. The van der Waals surface area contributed by atoms with E-state index < -0.39 is 5.91 Å². The van der Waals surface area contributed by atoms with Crippen molar-refractivity contribution < 1.29 is 9.59 Å². The number of allylic oxidation sites excluding steroid dienone is 5. The first-order chi connectivity index (χ1) is 15.8. The van der Waals surface area contributed by atoms with E-state index in [0.29, 0.717) is 0 Å². The summed E-state index contributed by atoms with van der Waals surface area (Å²) < 4.78 is 1.96. The Hall–Kier alpha value is -3.28. The second kappa shape index (κ2) is 12.1. The second-order valence-electron chi connectivity index (χ2n) is 8.52. The van der Waals surface area contributed by atoms with E-state index in [1.807, 2.05) is 35.8 Å². The number of amides is 2. The number of nitrogens with zero attached hydrogens (tertiary/aromatic N) is 3. The zero-order valence-electron chi connectivity index (χ0n) is 20.4. The highest BCUT2D eigenvalue weighted by Crippen LogP contribution is 2.39. The molecule has 0 aliphatic rings. The van der Waals surface area contributed by atoms with Crippen molar-refractivity contribution in [2.24, 2.45) is 5.18 Å². The summed E-state index contributed by atoms with van der Waals surface area (Å²) in [6, 6.07) is 5.19. The highest BCUT2D eigenvalue weighted by Gasteiger charge is 2.25. The monoisotopic (exact) mass is 449 g/mol. The topological polar surface area (TPSA) is 71.7 Å². The van der Waals surface area contributed by atoms with Gasteiger partial charge in [0.25, 0.3) is 0 Å². The maximum atomic E-state index is 12.8. The van der Waals surface area contributed by atoms with Crippen molar-refractivity contribution in [2.45, 2.75) is 58.9 Å². The van der Waals surface area contributed by atoms with E-state index in [0.717, 1.165) is 53.4 Å². The maximum Gasteiger partial charge on any atom is 0.316 e. The second-order valence-corrected chi connectivity index (χ2v) is 8.52. The summed E-state index contributed by atoms with van der Waals surface area (Å²) in [6.07, 6.45) is 12.1. The van der Waals surface area contributed by atoms with Gasteiger partial charge in [0.1, 0.15) is 6.54 Å². The van der Waals surface area contributed by atoms with Crippen LogP contribution >= 0.6 is 0 Å². The molecule has 2 rings (SSSR count). The van der Waals surface area contributed by atoms with Crippen LogP contribution in [0.25, 0.3) is 16.5 Å². The molecular formula is C27H35N3O3. The molecule has 0 saturated carbocycles. The first-order valence-corrected chi connectivity index (χ1v) is 11.5. The van der Waals surface area contributed by atoms with Gasteiger partial charge in [0.05, 0.1) is 11.2 Å². The van der Waals surface area contributed by atoms with Crippen molar-refractivity contribution in [1.82, 2.24) is 9.47 Å². The Morgan fingerprint density at radius 3 is 2.55 bits per heavy atom. The average Bonchev–Trinajstić information content (AvgIpc) is 3.11. The minimum atomic E-state index is -0.821. The Kier molecular flexibility index (Phi) is 9.52. The fourth-order valence-electron chi connectivity index (χ4n) is 4.18. The van der Waals surface area contributed by atoms with Gasteiger partial charge in [-0.2, -0.15) is 0 Å². The van der Waals surface area contributed by atoms with Crippen LogP contribution in [-0.2, 0) is 11.3 Å². The van der Waals surface area contributed by atoms with E-state index in [2.05, 4.69) is 25.6 Å². The predicted octanol–water partition coefficient (Wildman–Crippen LogP) is 6.47. The number of hydrogen-bond donors (Lipinski definition) is 0. The highest BCUT2D eigenvalue weighted by molar-refractivity contribution is 6.01. The molecule has 176 valence electrons. The number of unbranched alkanes of at least 4 members (excludes halogenated alkanes) is 2. The number of carbonyl (C=O) groups excluding carboxylic acids is 2. The van der Waals surface area contributed by atoms with Crippen molar-refractivity contribution in [1.29, 1.82) is 0 Å². The number of fused-ring (bicyclic) bond motifs is 1. The van der Waals surface area contributed by atoms with Crippen LogP contribution in [0.3, 0.4) is 0 Å². The molecule has 0 N–H and O–H groups in total. The number of benzene rings is 1. The summed E-state index contributed by atoms with van der Waals surface area (Å²) >= 11 is 0. The molecular weight excluding hydrogens is 414 g/mol. The summed E-state index contributed by atoms with van der Waals surface area (Å²) in [7, 11) is 3.44. The normalized spacial score (nSPS) is 12.8. The number of likely N-dealkylation sites (N-methyl/N-ethyl adjacent to an activating group) is 1. The van der Waals surface area contributed by atoms with Gasteiger partial charge in [0.2, 0.25) is 5.91 Å². The van der Waals surface area contributed by atoms with Crippen LogP contribution in [0.2, 0.25) is 0 Å². The lowest BCUT2D eigenvalue weighted by atomic mass is 9.90. The smallest absolute Gasteiger partial charge is 0.316 e. The van der Waals surface area contributed by atoms with E-state index in [-0.39, 0.29) is 23.9 Å². The predicted molar refractivity (Wildman–Crippen MR) is 136 cm³/mol. The molecule has 0 aliphatic heterocycles. The van der Waals surface area contributed by atoms with Gasteiger partial charge < -0.3 is 9.47 Å². The first-order valence-electron chi connectivity index (χ1n) is 11.5. The molecule has 0 fully saturated rings. The fourth-order valence-corrected chi connectivity index (χ4v) is 4.18. The SMILES string of the molecule is C=C/C=C(\C=C/C)c1c(C(C)CCCCC)c2ccc(C(=O)N=O)cc2n1CC(=O)N(C)C. The molecule has 1 unspecified atom stereocenters. The van der Waals surface area contributed by atoms with E-state index in [1.165, 1.54) is 0 Å². The number of hydrogen-bond acceptors (Lipinski definition) is 3. The number of rotatable bonds is 11. The molecule has 0 radical (unpaired) electrons. The molecule has 6 nitrogen and oxygen atoms in total. The zero-order valence-corrected chi connectivity index (χ0v) is 20.4. The van der Waals surface area contributed by atoms with Gasteiger partial charge >= 0.3 is 5.91 Å². The van der Waals surface area contributed by atoms with Gasteiger partial charge in [-0.25, -0.2) is 0 Å². The van der Waals surface area contributed by atoms with E-state index in [1.54, 1.807) is 37.2 Å². The third-order valence-corrected chi connectivity index (χ3v) is 5.88. The van der Waals surface area contributed by atoms with Crippen LogP contribution in [0.15, 0.2) is 54.3 Å². The van der Waals surface area contributed by atoms with Crippen molar-refractivity contribution in [3.8, 4) is 0 Å². The molecule has 33 heavy (non-hydrogen) atoms. The summed E-state index contributed by atoms with van der Waals surface area (Å²) in [5.74, 6) is -0.658. The minimum absolute atomic E-state index is 0.0676. The molecule has 0 aliphatic carbocycles. The quantitative estimate of drug-likeness (QED) is 0.224. The third kappa shape index (κ3) is 5.95. The van der Waals surface area contributed by atoms with Gasteiger partial charge in [-0.3, -0.25) is 9.59 Å². The largest absolute Gasteiger partial charge is 0.347 e. The van der Waals surface area contributed by atoms with Gasteiger partial charge in [-0.15, -0.1) is 4.91 Å². The van der Waals surface area contributed by atoms with E-state index in [9.17, 15) is 14.5 Å². The molecule has 0 saturated heterocycles. The molecule has 1 heterocycles. The highest BCUT2D eigenvalue weighted by atomic mass is 16.3. The molecule has 1 atom stereocenters. The summed E-state index contributed by atoms with van der Waals surface area (Å²) in [5.41, 5.74) is 3.97. The summed E-state index contributed by atoms with van der Waals surface area (Å²) in [6.45, 7) is 10.3. The Bertz CT molecular complexity index is 1090. The van der Waals surface area contributed by atoms with Crippen LogP contribution in [0.5, 0.6) is 0 Å². The lowest BCUT2D eigenvalue weighted by molar-refractivity contribution is -0.129. The van der Waals surface area contributed by atoms with Crippen molar-refractivity contribution in [2.75, 3.05) is 14.1 Å². The van der Waals surface area contributed by atoms with Gasteiger partial charge in [0.15, 0.2) is 0 Å². The summed E-state index contributed by atoms with van der Waals surface area (Å²) in [5, 5.41) is 3.56. The number of carbonyl (C=O) groups is 2. The van der Waals surface area contributed by atoms with Crippen LogP contribution in [0.4, 0.5) is 0 Å². The third-order valence-electron chi connectivity index (χ3n) is 5.88. The molecule has 6 heteroatoms. The number of aromatic nitrogens is 1. The Morgan fingerprint density at radius 2 is 1.97 bits per heavy atom. The van der Waals surface area contributed by atoms with Crippen LogP contribution in [0.1, 0.15) is 74.0 Å². The van der Waals surface area contributed by atoms with Crippen LogP contribution in [-0.4, -0.2) is 35.4 Å².